The minimum atomic E-state index is -0.689. The molecule has 0 aliphatic rings. The average molecular weight is 397 g/mol. The van der Waals surface area contributed by atoms with Gasteiger partial charge in [-0.3, -0.25) is 4.90 Å². The number of likely N-dealkylation sites (N-methyl/N-ethyl adjacent to an activating group) is 1. The van der Waals surface area contributed by atoms with E-state index < -0.39 is 12.2 Å². The fourth-order valence-electron chi connectivity index (χ4n) is 2.23. The van der Waals surface area contributed by atoms with Crippen LogP contribution >= 0.6 is 46.9 Å². The van der Waals surface area contributed by atoms with Crippen molar-refractivity contribution in [1.29, 1.82) is 0 Å². The van der Waals surface area contributed by atoms with Crippen molar-refractivity contribution in [1.82, 2.24) is 4.90 Å². The molecule has 0 spiro atoms. The van der Waals surface area contributed by atoms with Gasteiger partial charge in [0.05, 0.1) is 11.1 Å². The molecule has 1 heterocycles. The maximum absolute atomic E-state index is 10.4. The second-order valence-corrected chi connectivity index (χ2v) is 7.41. The van der Waals surface area contributed by atoms with Crippen LogP contribution in [0.25, 0.3) is 0 Å². The molecule has 0 amide bonds. The molecular formula is C16H20Cl3NO2S. The van der Waals surface area contributed by atoms with Gasteiger partial charge in [0.25, 0.3) is 0 Å². The molecule has 2 N–H and O–H groups in total. The van der Waals surface area contributed by atoms with E-state index in [0.29, 0.717) is 15.9 Å². The summed E-state index contributed by atoms with van der Waals surface area (Å²) < 4.78 is 0.482. The van der Waals surface area contributed by atoms with Crippen LogP contribution in [0.4, 0.5) is 0 Å². The summed E-state index contributed by atoms with van der Waals surface area (Å²) in [4.78, 5) is 2.65. The molecule has 0 aliphatic heterocycles. The van der Waals surface area contributed by atoms with Crippen molar-refractivity contribution in [2.45, 2.75) is 25.2 Å². The highest BCUT2D eigenvalue weighted by Crippen LogP contribution is 2.35. The van der Waals surface area contributed by atoms with Gasteiger partial charge in [-0.25, -0.2) is 0 Å². The van der Waals surface area contributed by atoms with E-state index >= 15 is 0 Å². The summed E-state index contributed by atoms with van der Waals surface area (Å²) in [6, 6.07) is 11.0. The van der Waals surface area contributed by atoms with Crippen LogP contribution in [0.2, 0.25) is 9.36 Å². The Morgan fingerprint density at radius 3 is 2.30 bits per heavy atom. The summed E-state index contributed by atoms with van der Waals surface area (Å²) in [5.41, 5.74) is 0.860. The number of rotatable bonds is 6. The first-order valence-corrected chi connectivity index (χ1v) is 8.53. The maximum Gasteiger partial charge on any atom is 0.112 e. The molecule has 23 heavy (non-hydrogen) atoms. The highest BCUT2D eigenvalue weighted by atomic mass is 35.5. The lowest BCUT2D eigenvalue weighted by Crippen LogP contribution is -2.37. The highest BCUT2D eigenvalue weighted by molar-refractivity contribution is 7.17. The Kier molecular flexibility index (Phi) is 8.31. The number of halogens is 3. The molecule has 1 aromatic heterocycles. The molecule has 3 atom stereocenters. The van der Waals surface area contributed by atoms with Gasteiger partial charge in [-0.05, 0) is 25.6 Å². The SMILES string of the molecule is CC(C(O)c1ccccc1)N(C)CC(O)c1cc(Cl)c(Cl)s1.Cl. The van der Waals surface area contributed by atoms with Gasteiger partial charge in [0.15, 0.2) is 0 Å². The van der Waals surface area contributed by atoms with Gasteiger partial charge in [0.1, 0.15) is 10.4 Å². The Hall–Kier alpha value is -0.330. The zero-order valence-corrected chi connectivity index (χ0v) is 16.0. The smallest absolute Gasteiger partial charge is 0.112 e. The minimum absolute atomic E-state index is 0. The molecule has 2 rings (SSSR count). The van der Waals surface area contributed by atoms with Crippen molar-refractivity contribution < 1.29 is 10.2 Å². The predicted molar refractivity (Wildman–Crippen MR) is 100 cm³/mol. The van der Waals surface area contributed by atoms with E-state index in [1.54, 1.807) is 6.07 Å². The van der Waals surface area contributed by atoms with Crippen molar-refractivity contribution in [3.8, 4) is 0 Å². The minimum Gasteiger partial charge on any atom is -0.387 e. The predicted octanol–water partition coefficient (Wildman–Crippen LogP) is 4.56. The third kappa shape index (κ3) is 5.33. The summed E-state index contributed by atoms with van der Waals surface area (Å²) in [6.07, 6.45) is -1.31. The first-order valence-electron chi connectivity index (χ1n) is 6.96. The van der Waals surface area contributed by atoms with Gasteiger partial charge >= 0.3 is 0 Å². The maximum atomic E-state index is 10.4. The molecule has 0 radical (unpaired) electrons. The number of nitrogens with zero attached hydrogens (tertiary/aromatic N) is 1. The van der Waals surface area contributed by atoms with Gasteiger partial charge in [0, 0.05) is 17.5 Å². The molecule has 0 aliphatic carbocycles. The van der Waals surface area contributed by atoms with Crippen LogP contribution in [-0.2, 0) is 0 Å². The van der Waals surface area contributed by atoms with E-state index in [1.807, 2.05) is 49.2 Å². The second kappa shape index (κ2) is 9.23. The Morgan fingerprint density at radius 2 is 1.78 bits per heavy atom. The third-order valence-electron chi connectivity index (χ3n) is 3.75. The molecule has 3 nitrogen and oxygen atoms in total. The molecular weight excluding hydrogens is 377 g/mol. The fraction of sp³-hybridized carbons (Fsp3) is 0.375. The van der Waals surface area contributed by atoms with Crippen molar-refractivity contribution in [2.75, 3.05) is 13.6 Å². The largest absolute Gasteiger partial charge is 0.387 e. The molecule has 7 heteroatoms. The lowest BCUT2D eigenvalue weighted by molar-refractivity contribution is 0.0423. The molecule has 0 bridgehead atoms. The zero-order chi connectivity index (χ0) is 16.3. The normalized spacial score (nSPS) is 15.1. The number of thiophene rings is 1. The molecule has 0 saturated heterocycles. The number of aliphatic hydroxyl groups excluding tert-OH is 2. The fourth-order valence-corrected chi connectivity index (χ4v) is 3.60. The lowest BCUT2D eigenvalue weighted by atomic mass is 10.0. The first kappa shape index (κ1) is 20.7. The Bertz CT molecular complexity index is 589. The Morgan fingerprint density at radius 1 is 1.17 bits per heavy atom. The van der Waals surface area contributed by atoms with Crippen molar-refractivity contribution in [3.63, 3.8) is 0 Å². The molecule has 128 valence electrons. The third-order valence-corrected chi connectivity index (χ3v) is 5.71. The van der Waals surface area contributed by atoms with Crippen molar-refractivity contribution in [2.24, 2.45) is 0 Å². The topological polar surface area (TPSA) is 43.7 Å². The van der Waals surface area contributed by atoms with Gasteiger partial charge in [0.2, 0.25) is 0 Å². The van der Waals surface area contributed by atoms with E-state index in [4.69, 9.17) is 23.2 Å². The van der Waals surface area contributed by atoms with Crippen LogP contribution < -0.4 is 0 Å². The number of aliphatic hydroxyl groups is 2. The van der Waals surface area contributed by atoms with E-state index in [0.717, 1.165) is 10.4 Å². The van der Waals surface area contributed by atoms with E-state index in [-0.39, 0.29) is 18.4 Å². The summed E-state index contributed by atoms with van der Waals surface area (Å²) >= 11 is 13.1. The first-order chi connectivity index (χ1) is 10.4. The standard InChI is InChI=1S/C16H19Cl2NO2S.ClH/c1-10(15(21)11-6-4-3-5-7-11)19(2)9-13(20)14-8-12(17)16(18)22-14;/h3-8,10,13,15,20-21H,9H2,1-2H3;1H. The van der Waals surface area contributed by atoms with Crippen LogP contribution in [0.5, 0.6) is 0 Å². The Balaban J connectivity index is 0.00000264. The zero-order valence-electron chi connectivity index (χ0n) is 12.8. The summed E-state index contributed by atoms with van der Waals surface area (Å²) in [7, 11) is 1.87. The van der Waals surface area contributed by atoms with E-state index in [2.05, 4.69) is 0 Å². The van der Waals surface area contributed by atoms with Gasteiger partial charge in [-0.1, -0.05) is 53.5 Å². The molecule has 2 aromatic rings. The van der Waals surface area contributed by atoms with E-state index in [9.17, 15) is 10.2 Å². The monoisotopic (exact) mass is 395 g/mol. The van der Waals surface area contributed by atoms with Crippen LogP contribution in [-0.4, -0.2) is 34.7 Å². The van der Waals surface area contributed by atoms with Crippen molar-refractivity contribution in [3.05, 3.63) is 56.2 Å². The van der Waals surface area contributed by atoms with Gasteiger partial charge in [-0.2, -0.15) is 0 Å². The molecule has 0 fully saturated rings. The molecule has 1 aromatic carbocycles. The lowest BCUT2D eigenvalue weighted by Gasteiger charge is -2.30. The van der Waals surface area contributed by atoms with Crippen LogP contribution in [0.15, 0.2) is 36.4 Å². The van der Waals surface area contributed by atoms with Crippen LogP contribution in [0, 0.1) is 0 Å². The van der Waals surface area contributed by atoms with Crippen LogP contribution in [0.1, 0.15) is 29.6 Å². The number of benzene rings is 1. The van der Waals surface area contributed by atoms with Crippen molar-refractivity contribution >= 4 is 46.9 Å². The Labute approximate surface area is 156 Å². The average Bonchev–Trinajstić information content (AvgIpc) is 2.86. The highest BCUT2D eigenvalue weighted by Gasteiger charge is 2.23. The number of hydrogen-bond acceptors (Lipinski definition) is 4. The van der Waals surface area contributed by atoms with E-state index in [1.165, 1.54) is 11.3 Å². The van der Waals surface area contributed by atoms with Gasteiger partial charge in [-0.15, -0.1) is 23.7 Å². The van der Waals surface area contributed by atoms with Crippen LogP contribution in [0.3, 0.4) is 0 Å². The quantitative estimate of drug-likeness (QED) is 0.752. The summed E-state index contributed by atoms with van der Waals surface area (Å²) in [5, 5.41) is 21.2. The second-order valence-electron chi connectivity index (χ2n) is 5.32. The summed E-state index contributed by atoms with van der Waals surface area (Å²) in [6.45, 7) is 2.32. The van der Waals surface area contributed by atoms with Gasteiger partial charge < -0.3 is 10.2 Å². The molecule has 0 saturated carbocycles. The number of hydrogen-bond donors (Lipinski definition) is 2. The summed E-state index contributed by atoms with van der Waals surface area (Å²) in [5.74, 6) is 0. The molecule has 3 unspecified atom stereocenters.